The summed E-state index contributed by atoms with van der Waals surface area (Å²) in [5, 5.41) is 8.39. The second-order valence-electron chi connectivity index (χ2n) is 7.90. The molecular weight excluding hydrogens is 445 g/mol. The Bertz CT molecular complexity index is 1370. The van der Waals surface area contributed by atoms with Crippen LogP contribution in [-0.2, 0) is 16.2 Å². The zero-order valence-electron chi connectivity index (χ0n) is 19.1. The molecule has 1 unspecified atom stereocenters. The van der Waals surface area contributed by atoms with E-state index in [2.05, 4.69) is 15.8 Å². The Morgan fingerprint density at radius 3 is 2.43 bits per heavy atom. The number of hydrazone groups is 1. The second kappa shape index (κ2) is 11.1. The third-order valence-corrected chi connectivity index (χ3v) is 5.45. The van der Waals surface area contributed by atoms with Gasteiger partial charge in [-0.1, -0.05) is 72.8 Å². The summed E-state index contributed by atoms with van der Waals surface area (Å²) in [6, 6.07) is 27.1. The number of para-hydroxylation sites is 1. The van der Waals surface area contributed by atoms with Crippen molar-refractivity contribution in [3.05, 3.63) is 108 Å². The number of carbonyl (C=O) groups excluding carboxylic acids is 2. The second-order valence-corrected chi connectivity index (χ2v) is 7.90. The van der Waals surface area contributed by atoms with E-state index in [4.69, 9.17) is 4.74 Å². The van der Waals surface area contributed by atoms with Crippen LogP contribution >= 0.6 is 0 Å². The summed E-state index contributed by atoms with van der Waals surface area (Å²) in [6.45, 7) is 1.80. The average Bonchev–Trinajstić information content (AvgIpc) is 2.89. The molecule has 0 saturated carbocycles. The predicted octanol–water partition coefficient (Wildman–Crippen LogP) is 5.28. The fourth-order valence-electron chi connectivity index (χ4n) is 3.45. The molecule has 2 N–H and O–H groups in total. The smallest absolute Gasteiger partial charge is 0.252 e. The molecule has 1 atom stereocenters. The Kier molecular flexibility index (Phi) is 7.47. The molecule has 0 aromatic heterocycles. The summed E-state index contributed by atoms with van der Waals surface area (Å²) in [4.78, 5) is 24.9. The molecule has 0 fully saturated rings. The fraction of sp³-hybridized carbons (Fsp3) is 0.107. The van der Waals surface area contributed by atoms with Crippen molar-refractivity contribution in [3.63, 3.8) is 0 Å². The predicted molar refractivity (Wildman–Crippen MR) is 135 cm³/mol. The van der Waals surface area contributed by atoms with E-state index in [1.807, 2.05) is 66.7 Å². The normalized spacial score (nSPS) is 11.8. The number of halogens is 1. The molecular formula is C28H24FN3O3. The van der Waals surface area contributed by atoms with Crippen LogP contribution in [0.1, 0.15) is 18.1 Å². The molecule has 0 bridgehead atoms. The SMILES string of the molecule is CC(C(=O)NN=Cc1c(OCc2ccccc2)ccc2ccccc12)C(=O)Nc1ccccc1F. The minimum atomic E-state index is -1.09. The molecule has 7 heteroatoms. The van der Waals surface area contributed by atoms with Gasteiger partial charge in [-0.2, -0.15) is 5.10 Å². The molecule has 0 aliphatic rings. The molecule has 2 amide bonds. The maximum Gasteiger partial charge on any atom is 0.252 e. The number of nitrogens with zero attached hydrogens (tertiary/aromatic N) is 1. The van der Waals surface area contributed by atoms with Gasteiger partial charge >= 0.3 is 0 Å². The monoisotopic (exact) mass is 469 g/mol. The van der Waals surface area contributed by atoms with Crippen LogP contribution in [0.25, 0.3) is 10.8 Å². The van der Waals surface area contributed by atoms with E-state index >= 15 is 0 Å². The zero-order valence-corrected chi connectivity index (χ0v) is 19.1. The summed E-state index contributed by atoms with van der Waals surface area (Å²) >= 11 is 0. The van der Waals surface area contributed by atoms with Gasteiger partial charge in [-0.15, -0.1) is 0 Å². The lowest BCUT2D eigenvalue weighted by Crippen LogP contribution is -2.34. The van der Waals surface area contributed by atoms with Gasteiger partial charge in [-0.25, -0.2) is 9.82 Å². The molecule has 4 aromatic carbocycles. The van der Waals surface area contributed by atoms with Gasteiger partial charge in [0.05, 0.1) is 11.9 Å². The lowest BCUT2D eigenvalue weighted by atomic mass is 10.0. The summed E-state index contributed by atoms with van der Waals surface area (Å²) < 4.78 is 19.8. The Labute approximate surface area is 202 Å². The minimum absolute atomic E-state index is 0.0108. The Morgan fingerprint density at radius 1 is 0.914 bits per heavy atom. The first-order valence-corrected chi connectivity index (χ1v) is 11.1. The third kappa shape index (κ3) is 5.89. The van der Waals surface area contributed by atoms with Crippen LogP contribution in [-0.4, -0.2) is 18.0 Å². The summed E-state index contributed by atoms with van der Waals surface area (Å²) in [5.41, 5.74) is 4.13. The van der Waals surface area contributed by atoms with Crippen LogP contribution in [0.15, 0.2) is 96.1 Å². The van der Waals surface area contributed by atoms with Gasteiger partial charge in [0, 0.05) is 5.56 Å². The van der Waals surface area contributed by atoms with Crippen LogP contribution in [0.2, 0.25) is 0 Å². The highest BCUT2D eigenvalue weighted by molar-refractivity contribution is 6.07. The van der Waals surface area contributed by atoms with Crippen molar-refractivity contribution in [2.75, 3.05) is 5.32 Å². The van der Waals surface area contributed by atoms with E-state index in [9.17, 15) is 14.0 Å². The zero-order chi connectivity index (χ0) is 24.6. The van der Waals surface area contributed by atoms with Gasteiger partial charge in [0.25, 0.3) is 5.91 Å². The minimum Gasteiger partial charge on any atom is -0.488 e. The van der Waals surface area contributed by atoms with Crippen LogP contribution in [0, 0.1) is 11.7 Å². The Morgan fingerprint density at radius 2 is 1.63 bits per heavy atom. The lowest BCUT2D eigenvalue weighted by Gasteiger charge is -2.13. The van der Waals surface area contributed by atoms with Crippen molar-refractivity contribution in [2.45, 2.75) is 13.5 Å². The van der Waals surface area contributed by atoms with Crippen LogP contribution in [0.5, 0.6) is 5.75 Å². The van der Waals surface area contributed by atoms with Gasteiger partial charge < -0.3 is 10.1 Å². The van der Waals surface area contributed by atoms with Crippen LogP contribution in [0.4, 0.5) is 10.1 Å². The number of hydrogen-bond acceptors (Lipinski definition) is 4. The topological polar surface area (TPSA) is 79.8 Å². The highest BCUT2D eigenvalue weighted by Crippen LogP contribution is 2.27. The maximum absolute atomic E-state index is 13.8. The summed E-state index contributed by atoms with van der Waals surface area (Å²) in [6.07, 6.45) is 1.50. The van der Waals surface area contributed by atoms with Gasteiger partial charge in [0.2, 0.25) is 5.91 Å². The number of anilines is 1. The highest BCUT2D eigenvalue weighted by atomic mass is 19.1. The van der Waals surface area contributed by atoms with Crippen molar-refractivity contribution in [1.82, 2.24) is 5.43 Å². The number of ether oxygens (including phenoxy) is 1. The number of rotatable bonds is 8. The summed E-state index contributed by atoms with van der Waals surface area (Å²) in [7, 11) is 0. The number of hydrogen-bond donors (Lipinski definition) is 2. The molecule has 4 rings (SSSR count). The first-order valence-electron chi connectivity index (χ1n) is 11.1. The number of amides is 2. The van der Waals surface area contributed by atoms with Crippen molar-refractivity contribution in [2.24, 2.45) is 11.0 Å². The molecule has 4 aromatic rings. The van der Waals surface area contributed by atoms with Crippen molar-refractivity contribution >= 4 is 34.5 Å². The number of benzene rings is 4. The first kappa shape index (κ1) is 23.6. The molecule has 0 radical (unpaired) electrons. The van der Waals surface area contributed by atoms with Gasteiger partial charge in [-0.3, -0.25) is 9.59 Å². The first-order chi connectivity index (χ1) is 17.0. The quantitative estimate of drug-likeness (QED) is 0.209. The third-order valence-electron chi connectivity index (χ3n) is 5.45. The van der Waals surface area contributed by atoms with Crippen molar-refractivity contribution in [1.29, 1.82) is 0 Å². The molecule has 6 nitrogen and oxygen atoms in total. The summed E-state index contributed by atoms with van der Waals surface area (Å²) in [5.74, 6) is -2.32. The number of fused-ring (bicyclic) bond motifs is 1. The van der Waals surface area contributed by atoms with Gasteiger partial charge in [-0.05, 0) is 41.5 Å². The lowest BCUT2D eigenvalue weighted by molar-refractivity contribution is -0.131. The molecule has 0 saturated heterocycles. The molecule has 0 aliphatic heterocycles. The van der Waals surface area contributed by atoms with Gasteiger partial charge in [0.15, 0.2) is 0 Å². The Hall–Kier alpha value is -4.52. The van der Waals surface area contributed by atoms with Crippen molar-refractivity contribution in [3.8, 4) is 5.75 Å². The Balaban J connectivity index is 1.48. The van der Waals surface area contributed by atoms with E-state index in [0.29, 0.717) is 17.9 Å². The van der Waals surface area contributed by atoms with E-state index in [1.54, 1.807) is 6.07 Å². The average molecular weight is 470 g/mol. The van der Waals surface area contributed by atoms with E-state index in [-0.39, 0.29) is 5.69 Å². The van der Waals surface area contributed by atoms with E-state index in [1.165, 1.54) is 31.3 Å². The molecule has 0 aliphatic carbocycles. The maximum atomic E-state index is 13.8. The molecule has 176 valence electrons. The largest absolute Gasteiger partial charge is 0.488 e. The molecule has 0 heterocycles. The number of nitrogens with one attached hydrogen (secondary N) is 2. The molecule has 35 heavy (non-hydrogen) atoms. The van der Waals surface area contributed by atoms with Crippen LogP contribution < -0.4 is 15.5 Å². The van der Waals surface area contributed by atoms with Gasteiger partial charge in [0.1, 0.15) is 24.1 Å². The highest BCUT2D eigenvalue weighted by Gasteiger charge is 2.22. The van der Waals surface area contributed by atoms with Crippen LogP contribution in [0.3, 0.4) is 0 Å². The standard InChI is InChI=1S/C28H24FN3O3/c1-19(27(33)31-25-14-8-7-13-24(25)29)28(34)32-30-17-23-22-12-6-5-11-21(22)15-16-26(23)35-18-20-9-3-2-4-10-20/h2-17,19H,18H2,1H3,(H,31,33)(H,32,34). The van der Waals surface area contributed by atoms with E-state index < -0.39 is 23.5 Å². The van der Waals surface area contributed by atoms with Crippen molar-refractivity contribution < 1.29 is 18.7 Å². The number of carbonyl (C=O) groups is 2. The molecule has 0 spiro atoms. The van der Waals surface area contributed by atoms with E-state index in [0.717, 1.165) is 16.3 Å². The fourth-order valence-corrected chi connectivity index (χ4v) is 3.45.